The first-order valence-corrected chi connectivity index (χ1v) is 13.7. The third kappa shape index (κ3) is 3.93. The minimum atomic E-state index is -3.27. The zero-order valence-corrected chi connectivity index (χ0v) is 21.3. The van der Waals surface area contributed by atoms with Gasteiger partial charge >= 0.3 is 0 Å². The fraction of sp³-hybridized carbons (Fsp3) is 0.185. The van der Waals surface area contributed by atoms with Crippen LogP contribution >= 0.6 is 0 Å². The summed E-state index contributed by atoms with van der Waals surface area (Å²) in [4.78, 5) is 18.7. The summed E-state index contributed by atoms with van der Waals surface area (Å²) in [5.41, 5.74) is 6.67. The molecule has 0 atom stereocenters. The minimum Gasteiger partial charge on any atom is -0.350 e. The van der Waals surface area contributed by atoms with Crippen LogP contribution in [0.25, 0.3) is 33.3 Å². The zero-order chi connectivity index (χ0) is 26.1. The highest BCUT2D eigenvalue weighted by atomic mass is 32.2. The number of aromatic amines is 1. The number of hydrogen-bond donors (Lipinski definition) is 1. The van der Waals surface area contributed by atoms with Gasteiger partial charge < -0.3 is 14.5 Å². The summed E-state index contributed by atoms with van der Waals surface area (Å²) in [6.07, 6.45) is 6.64. The molecule has 0 radical (unpaired) electrons. The van der Waals surface area contributed by atoms with Gasteiger partial charge in [-0.3, -0.25) is 9.48 Å². The number of pyridine rings is 1. The molecule has 10 heteroatoms. The van der Waals surface area contributed by atoms with E-state index in [4.69, 9.17) is 0 Å². The lowest BCUT2D eigenvalue weighted by atomic mass is 9.98. The van der Waals surface area contributed by atoms with Crippen LogP contribution < -0.4 is 10.5 Å². The summed E-state index contributed by atoms with van der Waals surface area (Å²) in [7, 11) is 0.265. The molecule has 0 saturated carbocycles. The monoisotopic (exact) mass is 517 g/mol. The predicted octanol–water partition coefficient (Wildman–Crippen LogP) is 4.27. The third-order valence-electron chi connectivity index (χ3n) is 6.75. The van der Waals surface area contributed by atoms with Gasteiger partial charge in [0, 0.05) is 71.8 Å². The molecule has 1 aliphatic heterocycles. The number of hydrogen-bond acceptors (Lipinski definition) is 5. The lowest BCUT2D eigenvalue weighted by Gasteiger charge is -2.26. The van der Waals surface area contributed by atoms with Crippen LogP contribution in [0.15, 0.2) is 65.8 Å². The van der Waals surface area contributed by atoms with Gasteiger partial charge in [0.1, 0.15) is 11.3 Å². The molecule has 37 heavy (non-hydrogen) atoms. The molecule has 0 saturated heterocycles. The van der Waals surface area contributed by atoms with E-state index in [0.717, 1.165) is 44.7 Å². The van der Waals surface area contributed by atoms with Gasteiger partial charge in [0.15, 0.2) is 9.84 Å². The highest BCUT2D eigenvalue weighted by Gasteiger charge is 2.29. The molecule has 1 N–H and O–H groups in total. The molecule has 2 aromatic carbocycles. The maximum Gasteiger partial charge on any atom is 0.274 e. The van der Waals surface area contributed by atoms with Gasteiger partial charge in [-0.15, -0.1) is 0 Å². The minimum absolute atomic E-state index is 0.104. The number of benzene rings is 2. The Morgan fingerprint density at radius 3 is 2.49 bits per heavy atom. The van der Waals surface area contributed by atoms with E-state index < -0.39 is 9.84 Å². The van der Waals surface area contributed by atoms with E-state index >= 15 is 0 Å². The molecule has 4 heterocycles. The van der Waals surface area contributed by atoms with Crippen LogP contribution in [0.3, 0.4) is 0 Å². The summed E-state index contributed by atoms with van der Waals surface area (Å²) in [5, 5.41) is 5.10. The molecular formula is C27H24FN5O3S. The Morgan fingerprint density at radius 1 is 1.05 bits per heavy atom. The van der Waals surface area contributed by atoms with E-state index in [9.17, 15) is 17.6 Å². The van der Waals surface area contributed by atoms with Gasteiger partial charge in [-0.2, -0.15) is 5.10 Å². The molecule has 188 valence electrons. The number of fused-ring (bicyclic) bond motifs is 2. The van der Waals surface area contributed by atoms with Crippen molar-refractivity contribution in [1.29, 1.82) is 0 Å². The van der Waals surface area contributed by atoms with E-state index in [0.29, 0.717) is 17.6 Å². The maximum atomic E-state index is 13.8. The lowest BCUT2D eigenvalue weighted by molar-refractivity contribution is 0.601. The first-order valence-electron chi connectivity index (χ1n) is 11.7. The van der Waals surface area contributed by atoms with Crippen molar-refractivity contribution in [3.8, 4) is 22.4 Å². The molecule has 6 rings (SSSR count). The van der Waals surface area contributed by atoms with Crippen molar-refractivity contribution in [3.05, 3.63) is 88.4 Å². The second-order valence-corrected chi connectivity index (χ2v) is 11.7. The molecule has 0 unspecified atom stereocenters. The van der Waals surface area contributed by atoms with Crippen LogP contribution in [0, 0.1) is 5.82 Å². The summed E-state index contributed by atoms with van der Waals surface area (Å²) >= 11 is 0. The van der Waals surface area contributed by atoms with Crippen LogP contribution in [0.5, 0.6) is 0 Å². The summed E-state index contributed by atoms with van der Waals surface area (Å²) < 4.78 is 41.3. The highest BCUT2D eigenvalue weighted by Crippen LogP contribution is 2.46. The average Bonchev–Trinajstić information content (AvgIpc) is 3.40. The molecule has 0 bridgehead atoms. The Bertz CT molecular complexity index is 1870. The van der Waals surface area contributed by atoms with Crippen molar-refractivity contribution in [2.75, 3.05) is 11.2 Å². The Hall–Kier alpha value is -4.18. The largest absolute Gasteiger partial charge is 0.350 e. The number of sulfone groups is 1. The normalized spacial score (nSPS) is 13.1. The van der Waals surface area contributed by atoms with E-state index in [2.05, 4.69) is 15.0 Å². The Labute approximate surface area is 212 Å². The number of anilines is 2. The summed E-state index contributed by atoms with van der Waals surface area (Å²) in [6.45, 7) is 0.397. The molecule has 3 aromatic heterocycles. The van der Waals surface area contributed by atoms with Crippen LogP contribution in [0.4, 0.5) is 15.8 Å². The molecule has 1 aliphatic rings. The fourth-order valence-corrected chi connectivity index (χ4v) is 5.96. The van der Waals surface area contributed by atoms with Gasteiger partial charge in [-0.25, -0.2) is 12.8 Å². The van der Waals surface area contributed by atoms with E-state index in [1.54, 1.807) is 42.3 Å². The first kappa shape index (κ1) is 23.2. The molecule has 0 amide bonds. The number of nitrogens with zero attached hydrogens (tertiary/aromatic N) is 4. The Balaban J connectivity index is 1.71. The van der Waals surface area contributed by atoms with E-state index in [1.165, 1.54) is 23.0 Å². The average molecular weight is 518 g/mol. The number of rotatable bonds is 4. The van der Waals surface area contributed by atoms with Crippen LogP contribution in [-0.2, 0) is 36.2 Å². The van der Waals surface area contributed by atoms with Gasteiger partial charge in [0.2, 0.25) is 0 Å². The predicted molar refractivity (Wildman–Crippen MR) is 142 cm³/mol. The SMILES string of the molecule is Cn1cc(-c2[nH]c3c(=O)n(C)cc4c3c2CN(c2ccc(F)cc2)c2ccc(CS(C)(=O)=O)cc2-4)cn1. The lowest BCUT2D eigenvalue weighted by Crippen LogP contribution is -2.17. The Kier molecular flexibility index (Phi) is 5.13. The summed E-state index contributed by atoms with van der Waals surface area (Å²) in [5.74, 6) is -0.444. The van der Waals surface area contributed by atoms with Gasteiger partial charge in [-0.1, -0.05) is 6.07 Å². The molecule has 8 nitrogen and oxygen atoms in total. The van der Waals surface area contributed by atoms with Crippen molar-refractivity contribution in [2.45, 2.75) is 12.3 Å². The van der Waals surface area contributed by atoms with Crippen LogP contribution in [0.2, 0.25) is 0 Å². The third-order valence-corrected chi connectivity index (χ3v) is 7.61. The number of aromatic nitrogens is 4. The topological polar surface area (TPSA) is 93.0 Å². The smallest absolute Gasteiger partial charge is 0.274 e. The van der Waals surface area contributed by atoms with Crippen LogP contribution in [-0.4, -0.2) is 34.0 Å². The van der Waals surface area contributed by atoms with Crippen molar-refractivity contribution in [1.82, 2.24) is 19.3 Å². The summed E-state index contributed by atoms with van der Waals surface area (Å²) in [6, 6.07) is 11.8. The number of H-pyrrole nitrogens is 1. The molecule has 0 spiro atoms. The van der Waals surface area contributed by atoms with Gasteiger partial charge in [0.25, 0.3) is 5.56 Å². The second-order valence-electron chi connectivity index (χ2n) is 9.57. The number of nitrogens with one attached hydrogen (secondary N) is 1. The van der Waals surface area contributed by atoms with Crippen molar-refractivity contribution in [3.63, 3.8) is 0 Å². The van der Waals surface area contributed by atoms with Crippen molar-refractivity contribution >= 4 is 32.1 Å². The second kappa shape index (κ2) is 8.17. The zero-order valence-electron chi connectivity index (χ0n) is 20.5. The highest BCUT2D eigenvalue weighted by molar-refractivity contribution is 7.89. The number of halogens is 1. The van der Waals surface area contributed by atoms with Crippen LogP contribution in [0.1, 0.15) is 11.1 Å². The standard InChI is InChI=1S/C27H24FN5O3S/c1-31-13-21-20-10-16(15-37(3,35)36)4-9-23(20)33(19-7-5-18(28)6-8-19)14-22-24(21)26(27(31)34)30-25(22)17-11-29-32(2)12-17/h4-13,30H,14-15H2,1-3H3. The maximum absolute atomic E-state index is 13.8. The van der Waals surface area contributed by atoms with Gasteiger partial charge in [-0.05, 0) is 42.0 Å². The molecular weight excluding hydrogens is 493 g/mol. The van der Waals surface area contributed by atoms with E-state index in [1.807, 2.05) is 25.4 Å². The molecule has 0 aliphatic carbocycles. The van der Waals surface area contributed by atoms with E-state index in [-0.39, 0.29) is 17.1 Å². The Morgan fingerprint density at radius 2 is 1.81 bits per heavy atom. The quantitative estimate of drug-likeness (QED) is 0.384. The van der Waals surface area contributed by atoms with Gasteiger partial charge in [0.05, 0.1) is 24.2 Å². The van der Waals surface area contributed by atoms with Crippen molar-refractivity contribution in [2.24, 2.45) is 14.1 Å². The number of aryl methyl sites for hydroxylation is 2. The first-order chi connectivity index (χ1) is 17.6. The molecule has 5 aromatic rings. The fourth-order valence-electron chi connectivity index (χ4n) is 5.17. The van der Waals surface area contributed by atoms with Crippen molar-refractivity contribution < 1.29 is 12.8 Å². The molecule has 0 fully saturated rings.